The number of rotatable bonds is 5. The Balaban J connectivity index is 1.96. The first-order valence-corrected chi connectivity index (χ1v) is 8.85. The lowest BCUT2D eigenvalue weighted by molar-refractivity contribution is 0.0952. The van der Waals surface area contributed by atoms with E-state index in [4.69, 9.17) is 0 Å². The first-order chi connectivity index (χ1) is 9.47. The van der Waals surface area contributed by atoms with Crippen LogP contribution in [0.4, 0.5) is 5.69 Å². The largest absolute Gasteiger partial charge is 0.385 e. The van der Waals surface area contributed by atoms with Crippen molar-refractivity contribution in [2.24, 2.45) is 0 Å². The van der Waals surface area contributed by atoms with E-state index in [1.54, 1.807) is 0 Å². The highest BCUT2D eigenvalue weighted by Gasteiger charge is 2.16. The minimum Gasteiger partial charge on any atom is -0.385 e. The molecule has 0 spiro atoms. The van der Waals surface area contributed by atoms with Crippen molar-refractivity contribution in [2.45, 2.75) is 19.3 Å². The van der Waals surface area contributed by atoms with Gasteiger partial charge < -0.3 is 10.6 Å². The summed E-state index contributed by atoms with van der Waals surface area (Å²) in [6, 6.07) is 5.66. The van der Waals surface area contributed by atoms with Crippen molar-refractivity contribution in [3.8, 4) is 0 Å². The van der Waals surface area contributed by atoms with Gasteiger partial charge in [-0.25, -0.2) is 8.42 Å². The molecule has 1 aliphatic heterocycles. The van der Waals surface area contributed by atoms with Gasteiger partial charge in [0.1, 0.15) is 9.84 Å². The van der Waals surface area contributed by atoms with Gasteiger partial charge in [0.05, 0.1) is 5.75 Å². The SMILES string of the molecule is CS(=O)(=O)CCCNC(=O)c1cccc2c1CCCN2. The Labute approximate surface area is 119 Å². The molecule has 6 heteroatoms. The van der Waals surface area contributed by atoms with Gasteiger partial charge in [-0.3, -0.25) is 4.79 Å². The monoisotopic (exact) mass is 296 g/mol. The number of carbonyl (C=O) groups is 1. The lowest BCUT2D eigenvalue weighted by Gasteiger charge is -2.20. The zero-order valence-corrected chi connectivity index (χ0v) is 12.4. The maximum absolute atomic E-state index is 12.2. The molecular weight excluding hydrogens is 276 g/mol. The average molecular weight is 296 g/mol. The van der Waals surface area contributed by atoms with Crippen LogP contribution in [0.1, 0.15) is 28.8 Å². The average Bonchev–Trinajstić information content (AvgIpc) is 2.41. The number of benzene rings is 1. The predicted molar refractivity (Wildman–Crippen MR) is 79.9 cm³/mol. The predicted octanol–water partition coefficient (Wildman–Crippen LogP) is 1.21. The van der Waals surface area contributed by atoms with Crippen LogP contribution >= 0.6 is 0 Å². The van der Waals surface area contributed by atoms with Crippen LogP contribution in [0.25, 0.3) is 0 Å². The fraction of sp³-hybridized carbons (Fsp3) is 0.500. The molecule has 0 saturated heterocycles. The Morgan fingerprint density at radius 1 is 1.40 bits per heavy atom. The lowest BCUT2D eigenvalue weighted by Crippen LogP contribution is -2.28. The van der Waals surface area contributed by atoms with Crippen molar-refractivity contribution in [2.75, 3.05) is 30.4 Å². The molecule has 0 aromatic heterocycles. The Hall–Kier alpha value is -1.56. The van der Waals surface area contributed by atoms with Gasteiger partial charge in [-0.1, -0.05) is 6.07 Å². The van der Waals surface area contributed by atoms with Gasteiger partial charge in [-0.05, 0) is 37.0 Å². The topological polar surface area (TPSA) is 75.3 Å². The molecule has 0 unspecified atom stereocenters. The van der Waals surface area contributed by atoms with Gasteiger partial charge >= 0.3 is 0 Å². The number of amides is 1. The molecule has 20 heavy (non-hydrogen) atoms. The highest BCUT2D eigenvalue weighted by molar-refractivity contribution is 7.90. The molecule has 5 nitrogen and oxygen atoms in total. The molecule has 2 rings (SSSR count). The molecule has 0 fully saturated rings. The van der Waals surface area contributed by atoms with Gasteiger partial charge in [0.2, 0.25) is 0 Å². The summed E-state index contributed by atoms with van der Waals surface area (Å²) in [5.41, 5.74) is 2.77. The van der Waals surface area contributed by atoms with Crippen LogP contribution in [0, 0.1) is 0 Å². The summed E-state index contributed by atoms with van der Waals surface area (Å²) in [4.78, 5) is 12.2. The third kappa shape index (κ3) is 3.96. The Morgan fingerprint density at radius 3 is 2.95 bits per heavy atom. The number of fused-ring (bicyclic) bond motifs is 1. The van der Waals surface area contributed by atoms with Crippen molar-refractivity contribution >= 4 is 21.4 Å². The third-order valence-corrected chi connectivity index (χ3v) is 4.35. The van der Waals surface area contributed by atoms with E-state index in [-0.39, 0.29) is 11.7 Å². The van der Waals surface area contributed by atoms with Crippen molar-refractivity contribution in [1.82, 2.24) is 5.32 Å². The molecule has 1 heterocycles. The van der Waals surface area contributed by atoms with E-state index in [0.29, 0.717) is 18.5 Å². The first kappa shape index (κ1) is 14.8. The van der Waals surface area contributed by atoms with E-state index < -0.39 is 9.84 Å². The van der Waals surface area contributed by atoms with Crippen LogP contribution < -0.4 is 10.6 Å². The zero-order valence-electron chi connectivity index (χ0n) is 11.6. The van der Waals surface area contributed by atoms with Crippen LogP contribution in [0.15, 0.2) is 18.2 Å². The smallest absolute Gasteiger partial charge is 0.251 e. The number of sulfone groups is 1. The fourth-order valence-corrected chi connectivity index (χ4v) is 3.02. The standard InChI is InChI=1S/C14H20N2O3S/c1-20(18,19)10-4-9-16-14(17)12-5-2-7-13-11(12)6-3-8-15-13/h2,5,7,15H,3-4,6,8-10H2,1H3,(H,16,17). The molecular formula is C14H20N2O3S. The Morgan fingerprint density at radius 2 is 2.20 bits per heavy atom. The molecule has 0 atom stereocenters. The van der Waals surface area contributed by atoms with Crippen molar-refractivity contribution in [3.63, 3.8) is 0 Å². The van der Waals surface area contributed by atoms with Crippen molar-refractivity contribution < 1.29 is 13.2 Å². The molecule has 1 aromatic rings. The van der Waals surface area contributed by atoms with Crippen LogP contribution in [0.3, 0.4) is 0 Å². The highest BCUT2D eigenvalue weighted by atomic mass is 32.2. The van der Waals surface area contributed by atoms with E-state index in [0.717, 1.165) is 30.6 Å². The van der Waals surface area contributed by atoms with Crippen molar-refractivity contribution in [1.29, 1.82) is 0 Å². The van der Waals surface area contributed by atoms with Gasteiger partial charge in [-0.15, -0.1) is 0 Å². The number of anilines is 1. The summed E-state index contributed by atoms with van der Waals surface area (Å²) in [6.45, 7) is 1.31. The quantitative estimate of drug-likeness (QED) is 0.801. The Bertz CT molecular complexity index is 596. The second-order valence-electron chi connectivity index (χ2n) is 5.10. The minimum absolute atomic E-state index is 0.0989. The molecule has 0 aliphatic carbocycles. The first-order valence-electron chi connectivity index (χ1n) is 6.79. The van der Waals surface area contributed by atoms with Gasteiger partial charge in [0.15, 0.2) is 0 Å². The number of hydrogen-bond acceptors (Lipinski definition) is 4. The Kier molecular flexibility index (Phi) is 4.65. The summed E-state index contributed by atoms with van der Waals surface area (Å²) < 4.78 is 22.0. The summed E-state index contributed by atoms with van der Waals surface area (Å²) in [6.07, 6.45) is 3.56. The van der Waals surface area contributed by atoms with E-state index in [9.17, 15) is 13.2 Å². The fourth-order valence-electron chi connectivity index (χ4n) is 2.35. The highest BCUT2D eigenvalue weighted by Crippen LogP contribution is 2.25. The summed E-state index contributed by atoms with van der Waals surface area (Å²) in [5.74, 6) is -0.0269. The molecule has 0 bridgehead atoms. The molecule has 110 valence electrons. The van der Waals surface area contributed by atoms with Crippen LogP contribution in [0.5, 0.6) is 0 Å². The van der Waals surface area contributed by atoms with Crippen molar-refractivity contribution in [3.05, 3.63) is 29.3 Å². The summed E-state index contributed by atoms with van der Waals surface area (Å²) in [5, 5.41) is 6.08. The molecule has 0 saturated carbocycles. The minimum atomic E-state index is -2.96. The lowest BCUT2D eigenvalue weighted by atomic mass is 9.97. The number of nitrogens with one attached hydrogen (secondary N) is 2. The summed E-state index contributed by atoms with van der Waals surface area (Å²) >= 11 is 0. The van der Waals surface area contributed by atoms with Crippen LogP contribution in [0.2, 0.25) is 0 Å². The maximum atomic E-state index is 12.2. The zero-order chi connectivity index (χ0) is 14.6. The van der Waals surface area contributed by atoms with Crippen LogP contribution in [-0.2, 0) is 16.3 Å². The third-order valence-electron chi connectivity index (χ3n) is 3.32. The molecule has 1 amide bonds. The molecule has 2 N–H and O–H groups in total. The van der Waals surface area contributed by atoms with Crippen LogP contribution in [-0.4, -0.2) is 39.4 Å². The second-order valence-corrected chi connectivity index (χ2v) is 7.36. The van der Waals surface area contributed by atoms with Gasteiger partial charge in [0.25, 0.3) is 5.91 Å². The number of hydrogen-bond donors (Lipinski definition) is 2. The molecule has 0 radical (unpaired) electrons. The molecule has 1 aromatic carbocycles. The summed E-state index contributed by atoms with van der Waals surface area (Å²) in [7, 11) is -2.96. The normalized spacial score (nSPS) is 14.2. The van der Waals surface area contributed by atoms with Gasteiger partial charge in [-0.2, -0.15) is 0 Å². The van der Waals surface area contributed by atoms with E-state index >= 15 is 0 Å². The second kappa shape index (κ2) is 6.26. The maximum Gasteiger partial charge on any atom is 0.251 e. The van der Waals surface area contributed by atoms with Gasteiger partial charge in [0, 0.05) is 30.6 Å². The molecule has 1 aliphatic rings. The number of carbonyl (C=O) groups excluding carboxylic acids is 1. The van der Waals surface area contributed by atoms with E-state index in [1.165, 1.54) is 6.26 Å². The van der Waals surface area contributed by atoms with E-state index in [1.807, 2.05) is 18.2 Å². The van der Waals surface area contributed by atoms with E-state index in [2.05, 4.69) is 10.6 Å².